The lowest BCUT2D eigenvalue weighted by Gasteiger charge is -2.15. The zero-order valence-corrected chi connectivity index (χ0v) is 14.3. The van der Waals surface area contributed by atoms with E-state index in [0.717, 1.165) is 25.4 Å². The highest BCUT2D eigenvalue weighted by Gasteiger charge is 2.12. The average Bonchev–Trinajstić information content (AvgIpc) is 2.35. The van der Waals surface area contributed by atoms with E-state index in [9.17, 15) is 0 Å². The van der Waals surface area contributed by atoms with E-state index >= 15 is 0 Å². The maximum Gasteiger partial charge on any atom is 0.0347 e. The average molecular weight is 434 g/mol. The van der Waals surface area contributed by atoms with Crippen LogP contribution in [0.2, 0.25) is 0 Å². The van der Waals surface area contributed by atoms with Crippen molar-refractivity contribution in [3.8, 4) is 0 Å². The van der Waals surface area contributed by atoms with Gasteiger partial charge in [0.25, 0.3) is 0 Å². The van der Waals surface area contributed by atoms with Gasteiger partial charge in [0.15, 0.2) is 0 Å². The lowest BCUT2D eigenvalue weighted by Crippen LogP contribution is -2.14. The molecular weight excluding hydrogens is 422 g/mol. The molecule has 0 aliphatic heterocycles. The minimum atomic E-state index is -0.0319. The van der Waals surface area contributed by atoms with Gasteiger partial charge < -0.3 is 5.73 Å². The fourth-order valence-electron chi connectivity index (χ4n) is 1.81. The van der Waals surface area contributed by atoms with Crippen LogP contribution >= 0.6 is 47.8 Å². The monoisotopic (exact) mass is 431 g/mol. The number of rotatable bonds is 3. The Labute approximate surface area is 132 Å². The fourth-order valence-corrected chi connectivity index (χ4v) is 3.18. The van der Waals surface area contributed by atoms with Gasteiger partial charge in [0, 0.05) is 19.5 Å². The zero-order chi connectivity index (χ0) is 13.1. The van der Waals surface area contributed by atoms with Gasteiger partial charge >= 0.3 is 0 Å². The Hall–Kier alpha value is -0.160. The van der Waals surface area contributed by atoms with Gasteiger partial charge in [-0.2, -0.15) is 0 Å². The Bertz CT molecular complexity index is 554. The van der Waals surface area contributed by atoms with Crippen LogP contribution in [0.4, 0.5) is 0 Å². The summed E-state index contributed by atoms with van der Waals surface area (Å²) in [7, 11) is 0. The molecule has 2 aromatic carbocycles. The van der Waals surface area contributed by atoms with E-state index in [4.69, 9.17) is 5.73 Å². The molecule has 0 aromatic heterocycles. The van der Waals surface area contributed by atoms with Gasteiger partial charge in [-0.15, -0.1) is 0 Å². The minimum absolute atomic E-state index is 0.0319. The van der Waals surface area contributed by atoms with E-state index in [-0.39, 0.29) is 6.04 Å². The predicted octanol–water partition coefficient (Wildman–Crippen LogP) is 5.22. The summed E-state index contributed by atoms with van der Waals surface area (Å²) < 4.78 is 3.19. The Kier molecular flexibility index (Phi) is 5.01. The third kappa shape index (κ3) is 3.44. The van der Waals surface area contributed by atoms with Crippen LogP contribution in [0, 0.1) is 0 Å². The van der Waals surface area contributed by atoms with Gasteiger partial charge in [-0.05, 0) is 41.8 Å². The second kappa shape index (κ2) is 6.33. The van der Waals surface area contributed by atoms with Gasteiger partial charge in [-0.1, -0.05) is 66.0 Å². The minimum Gasteiger partial charge on any atom is -0.324 e. The molecule has 2 N–H and O–H groups in total. The van der Waals surface area contributed by atoms with Crippen LogP contribution in [-0.2, 0) is 6.42 Å². The SMILES string of the molecule is NC(Cc1ccccc1Br)c1cc(Br)ccc1Br. The van der Waals surface area contributed by atoms with E-state index in [2.05, 4.69) is 59.9 Å². The lowest BCUT2D eigenvalue weighted by atomic mass is 10.00. The molecule has 0 aliphatic rings. The first kappa shape index (κ1) is 14.3. The molecule has 18 heavy (non-hydrogen) atoms. The van der Waals surface area contributed by atoms with Crippen LogP contribution in [-0.4, -0.2) is 0 Å². The maximum absolute atomic E-state index is 6.29. The van der Waals surface area contributed by atoms with Gasteiger partial charge in [0.05, 0.1) is 0 Å². The first-order valence-electron chi connectivity index (χ1n) is 5.52. The summed E-state index contributed by atoms with van der Waals surface area (Å²) in [5.74, 6) is 0. The second-order valence-electron chi connectivity index (χ2n) is 4.07. The molecule has 0 aliphatic carbocycles. The molecule has 0 bridgehead atoms. The summed E-state index contributed by atoms with van der Waals surface area (Å²) in [6, 6.07) is 14.2. The summed E-state index contributed by atoms with van der Waals surface area (Å²) in [6.07, 6.45) is 0.802. The Balaban J connectivity index is 2.25. The Morgan fingerprint density at radius 1 is 0.944 bits per heavy atom. The van der Waals surface area contributed by atoms with Crippen molar-refractivity contribution in [2.75, 3.05) is 0 Å². The molecule has 0 fully saturated rings. The van der Waals surface area contributed by atoms with Crippen LogP contribution in [0.5, 0.6) is 0 Å². The molecule has 0 saturated heterocycles. The molecule has 94 valence electrons. The summed E-state index contributed by atoms with van der Waals surface area (Å²) in [5.41, 5.74) is 8.62. The van der Waals surface area contributed by atoms with Crippen molar-refractivity contribution >= 4 is 47.8 Å². The topological polar surface area (TPSA) is 26.0 Å². The first-order chi connectivity index (χ1) is 8.58. The third-order valence-electron chi connectivity index (χ3n) is 2.76. The van der Waals surface area contributed by atoms with Crippen molar-refractivity contribution in [2.24, 2.45) is 5.73 Å². The van der Waals surface area contributed by atoms with Crippen LogP contribution in [0.25, 0.3) is 0 Å². The maximum atomic E-state index is 6.29. The van der Waals surface area contributed by atoms with E-state index in [1.807, 2.05) is 30.3 Å². The van der Waals surface area contributed by atoms with Crippen molar-refractivity contribution in [3.05, 3.63) is 67.0 Å². The zero-order valence-electron chi connectivity index (χ0n) is 9.54. The molecule has 4 heteroatoms. The van der Waals surface area contributed by atoms with Crippen LogP contribution < -0.4 is 5.73 Å². The number of hydrogen-bond acceptors (Lipinski definition) is 1. The van der Waals surface area contributed by atoms with Crippen molar-refractivity contribution < 1.29 is 0 Å². The van der Waals surface area contributed by atoms with E-state index in [1.54, 1.807) is 0 Å². The van der Waals surface area contributed by atoms with Gasteiger partial charge in [-0.3, -0.25) is 0 Å². The van der Waals surface area contributed by atoms with Crippen molar-refractivity contribution in [3.63, 3.8) is 0 Å². The van der Waals surface area contributed by atoms with E-state index in [1.165, 1.54) is 5.56 Å². The number of halogens is 3. The molecule has 1 atom stereocenters. The molecular formula is C14H12Br3N. The lowest BCUT2D eigenvalue weighted by molar-refractivity contribution is 0.716. The van der Waals surface area contributed by atoms with E-state index < -0.39 is 0 Å². The van der Waals surface area contributed by atoms with Crippen molar-refractivity contribution in [1.29, 1.82) is 0 Å². The largest absolute Gasteiger partial charge is 0.324 e. The Morgan fingerprint density at radius 2 is 1.67 bits per heavy atom. The normalized spacial score (nSPS) is 12.4. The summed E-state index contributed by atoms with van der Waals surface area (Å²) in [4.78, 5) is 0. The summed E-state index contributed by atoms with van der Waals surface area (Å²) in [5, 5.41) is 0. The van der Waals surface area contributed by atoms with Gasteiger partial charge in [0.2, 0.25) is 0 Å². The molecule has 1 unspecified atom stereocenters. The highest BCUT2D eigenvalue weighted by atomic mass is 79.9. The molecule has 0 spiro atoms. The molecule has 0 saturated carbocycles. The quantitative estimate of drug-likeness (QED) is 0.705. The molecule has 0 radical (unpaired) electrons. The second-order valence-corrected chi connectivity index (χ2v) is 6.69. The van der Waals surface area contributed by atoms with Crippen molar-refractivity contribution in [1.82, 2.24) is 0 Å². The van der Waals surface area contributed by atoms with Crippen LogP contribution in [0.15, 0.2) is 55.9 Å². The van der Waals surface area contributed by atoms with Gasteiger partial charge in [0.1, 0.15) is 0 Å². The summed E-state index contributed by atoms with van der Waals surface area (Å²) in [6.45, 7) is 0. The molecule has 2 aromatic rings. The fraction of sp³-hybridized carbons (Fsp3) is 0.143. The number of hydrogen-bond donors (Lipinski definition) is 1. The molecule has 2 rings (SSSR count). The standard InChI is InChI=1S/C14H12Br3N/c15-10-5-6-13(17)11(8-10)14(18)7-9-3-1-2-4-12(9)16/h1-6,8,14H,7,18H2. The molecule has 0 amide bonds. The van der Waals surface area contributed by atoms with Crippen molar-refractivity contribution in [2.45, 2.75) is 12.5 Å². The Morgan fingerprint density at radius 3 is 2.39 bits per heavy atom. The third-order valence-corrected chi connectivity index (χ3v) is 4.74. The highest BCUT2D eigenvalue weighted by Crippen LogP contribution is 2.29. The number of nitrogens with two attached hydrogens (primary N) is 1. The van der Waals surface area contributed by atoms with Crippen LogP contribution in [0.1, 0.15) is 17.2 Å². The molecule has 1 nitrogen and oxygen atoms in total. The molecule has 0 heterocycles. The first-order valence-corrected chi connectivity index (χ1v) is 7.90. The highest BCUT2D eigenvalue weighted by molar-refractivity contribution is 9.11. The van der Waals surface area contributed by atoms with Gasteiger partial charge in [-0.25, -0.2) is 0 Å². The smallest absolute Gasteiger partial charge is 0.0347 e. The van der Waals surface area contributed by atoms with E-state index in [0.29, 0.717) is 0 Å². The summed E-state index contributed by atoms with van der Waals surface area (Å²) >= 11 is 10.6. The number of benzene rings is 2. The van der Waals surface area contributed by atoms with Crippen LogP contribution in [0.3, 0.4) is 0 Å². The predicted molar refractivity (Wildman–Crippen MR) is 86.6 cm³/mol.